The van der Waals surface area contributed by atoms with Crippen molar-refractivity contribution in [3.8, 4) is 29.1 Å². The molecule has 3 aromatic rings. The van der Waals surface area contributed by atoms with Gasteiger partial charge < -0.3 is 34.1 Å². The maximum atomic E-state index is 12.8. The van der Waals surface area contributed by atoms with Gasteiger partial charge in [0, 0.05) is 31.7 Å². The number of hydrogen-bond donors (Lipinski definition) is 1. The van der Waals surface area contributed by atoms with E-state index in [1.165, 1.54) is 0 Å². The first-order valence-electron chi connectivity index (χ1n) is 14.6. The Bertz CT molecular complexity index is 1370. The Balaban J connectivity index is 1.52. The highest BCUT2D eigenvalue weighted by molar-refractivity contribution is 5.94. The molecular formula is C32H41N5O6. The number of hydrogen-bond acceptors (Lipinski definition) is 9. The summed E-state index contributed by atoms with van der Waals surface area (Å²) in [6, 6.07) is 14.0. The number of methoxy groups -OCH3 is 1. The summed E-state index contributed by atoms with van der Waals surface area (Å²) in [6.45, 7) is 11.9. The van der Waals surface area contributed by atoms with Crippen LogP contribution in [-0.4, -0.2) is 76.7 Å². The van der Waals surface area contributed by atoms with Crippen molar-refractivity contribution in [3.63, 3.8) is 0 Å². The van der Waals surface area contributed by atoms with Gasteiger partial charge in [-0.25, -0.2) is 9.78 Å². The number of aromatic nitrogens is 2. The van der Waals surface area contributed by atoms with Crippen LogP contribution in [0.1, 0.15) is 57.8 Å². The number of carbonyl (C=O) groups is 2. The third-order valence-electron chi connectivity index (χ3n) is 6.90. The van der Waals surface area contributed by atoms with Gasteiger partial charge in [-0.2, -0.15) is 4.98 Å². The lowest BCUT2D eigenvalue weighted by atomic mass is 10.2. The third-order valence-corrected chi connectivity index (χ3v) is 6.90. The fourth-order valence-corrected chi connectivity index (χ4v) is 4.66. The van der Waals surface area contributed by atoms with Crippen molar-refractivity contribution in [1.29, 1.82) is 0 Å². The largest absolute Gasteiger partial charge is 0.497 e. The fraction of sp³-hybridized carbons (Fsp3) is 0.438. The Kier molecular flexibility index (Phi) is 10.3. The fourth-order valence-electron chi connectivity index (χ4n) is 4.66. The van der Waals surface area contributed by atoms with Crippen LogP contribution in [-0.2, 0) is 4.74 Å². The van der Waals surface area contributed by atoms with E-state index in [-0.39, 0.29) is 29.9 Å². The van der Waals surface area contributed by atoms with E-state index in [9.17, 15) is 9.59 Å². The number of rotatable bonds is 11. The van der Waals surface area contributed by atoms with Crippen molar-refractivity contribution < 1.29 is 28.5 Å². The molecule has 4 rings (SSSR count). The molecule has 1 aliphatic heterocycles. The van der Waals surface area contributed by atoms with Crippen LogP contribution in [0.4, 0.5) is 10.5 Å². The molecule has 2 heterocycles. The molecule has 0 aliphatic carbocycles. The van der Waals surface area contributed by atoms with E-state index in [2.05, 4.69) is 15.3 Å². The molecule has 1 aromatic heterocycles. The zero-order chi connectivity index (χ0) is 31.0. The maximum absolute atomic E-state index is 12.8. The normalized spacial score (nSPS) is 14.7. The van der Waals surface area contributed by atoms with Gasteiger partial charge in [-0.1, -0.05) is 0 Å². The second-order valence-electron chi connectivity index (χ2n) is 11.1. The summed E-state index contributed by atoms with van der Waals surface area (Å²) >= 11 is 0. The van der Waals surface area contributed by atoms with Crippen LogP contribution >= 0.6 is 0 Å². The highest BCUT2D eigenvalue weighted by atomic mass is 16.6. The minimum Gasteiger partial charge on any atom is -0.497 e. The van der Waals surface area contributed by atoms with Crippen LogP contribution < -0.4 is 19.5 Å². The number of nitrogens with zero attached hydrogens (tertiary/aromatic N) is 4. The number of carbonyl (C=O) groups excluding carboxylic acids is 2. The summed E-state index contributed by atoms with van der Waals surface area (Å²) in [6.07, 6.45) is 3.00. The summed E-state index contributed by atoms with van der Waals surface area (Å²) in [7, 11) is 1.60. The van der Waals surface area contributed by atoms with Crippen molar-refractivity contribution in [2.45, 2.75) is 59.1 Å². The average molecular weight is 592 g/mol. The summed E-state index contributed by atoms with van der Waals surface area (Å²) in [5.41, 5.74) is 0.550. The lowest BCUT2D eigenvalue weighted by Gasteiger charge is -2.29. The van der Waals surface area contributed by atoms with Crippen molar-refractivity contribution in [2.75, 3.05) is 38.6 Å². The van der Waals surface area contributed by atoms with Gasteiger partial charge in [0.2, 0.25) is 5.88 Å². The second-order valence-corrected chi connectivity index (χ2v) is 11.1. The molecule has 1 atom stereocenters. The molecule has 1 N–H and O–H groups in total. The Hall–Kier alpha value is -4.54. The van der Waals surface area contributed by atoms with E-state index in [0.717, 1.165) is 12.8 Å². The van der Waals surface area contributed by atoms with E-state index in [4.69, 9.17) is 18.9 Å². The highest BCUT2D eigenvalue weighted by Crippen LogP contribution is 2.32. The van der Waals surface area contributed by atoms with Crippen molar-refractivity contribution in [2.24, 2.45) is 0 Å². The van der Waals surface area contributed by atoms with E-state index in [1.54, 1.807) is 71.6 Å². The summed E-state index contributed by atoms with van der Waals surface area (Å²) in [5, 5.41) is 3.36. The molecule has 0 radical (unpaired) electrons. The number of anilines is 1. The standard InChI is InChI=1S/C32H41N5O6/c1-7-36(8-2)29(38)22-11-13-26(14-12-22)42-30-34-21-27(28(35-30)41-25-17-15-24(40-6)16-18-25)33-20-23-10-9-19-37(23)31(39)43-32(3,4)5/h11-18,21,23,33H,7-10,19-20H2,1-6H3/t23-/m0/s1. The molecule has 230 valence electrons. The van der Waals surface area contributed by atoms with Crippen LogP contribution in [0.15, 0.2) is 54.7 Å². The van der Waals surface area contributed by atoms with Gasteiger partial charge in [-0.3, -0.25) is 4.79 Å². The number of nitrogens with one attached hydrogen (secondary N) is 1. The number of ether oxygens (including phenoxy) is 4. The third kappa shape index (κ3) is 8.50. The van der Waals surface area contributed by atoms with Crippen LogP contribution in [0.2, 0.25) is 0 Å². The topological polar surface area (TPSA) is 115 Å². The average Bonchev–Trinajstić information content (AvgIpc) is 3.46. The van der Waals surface area contributed by atoms with Crippen LogP contribution in [0.25, 0.3) is 0 Å². The zero-order valence-electron chi connectivity index (χ0n) is 25.8. The maximum Gasteiger partial charge on any atom is 0.410 e. The van der Waals surface area contributed by atoms with E-state index in [1.807, 2.05) is 34.6 Å². The summed E-state index contributed by atoms with van der Waals surface area (Å²) in [5.74, 6) is 1.94. The monoisotopic (exact) mass is 591 g/mol. The van der Waals surface area contributed by atoms with Gasteiger partial charge in [0.15, 0.2) is 0 Å². The Morgan fingerprint density at radius 3 is 2.23 bits per heavy atom. The van der Waals surface area contributed by atoms with Gasteiger partial charge in [-0.05, 0) is 96.0 Å². The first-order valence-corrected chi connectivity index (χ1v) is 14.6. The van der Waals surface area contributed by atoms with Crippen molar-refractivity contribution in [1.82, 2.24) is 19.8 Å². The number of amides is 2. The minimum absolute atomic E-state index is 0.0362. The number of likely N-dealkylation sites (tertiary alicyclic amines) is 1. The zero-order valence-corrected chi connectivity index (χ0v) is 25.8. The lowest BCUT2D eigenvalue weighted by Crippen LogP contribution is -2.42. The molecule has 1 aliphatic rings. The van der Waals surface area contributed by atoms with Gasteiger partial charge >= 0.3 is 12.1 Å². The van der Waals surface area contributed by atoms with Gasteiger partial charge in [0.25, 0.3) is 5.91 Å². The van der Waals surface area contributed by atoms with Crippen LogP contribution in [0, 0.1) is 0 Å². The molecule has 11 nitrogen and oxygen atoms in total. The van der Waals surface area contributed by atoms with Crippen molar-refractivity contribution in [3.05, 3.63) is 60.3 Å². The Morgan fingerprint density at radius 1 is 0.977 bits per heavy atom. The lowest BCUT2D eigenvalue weighted by molar-refractivity contribution is 0.0235. The molecule has 11 heteroatoms. The van der Waals surface area contributed by atoms with Crippen molar-refractivity contribution >= 4 is 17.7 Å². The minimum atomic E-state index is -0.568. The van der Waals surface area contributed by atoms with E-state index < -0.39 is 5.60 Å². The first kappa shape index (κ1) is 31.4. The molecule has 43 heavy (non-hydrogen) atoms. The quantitative estimate of drug-likeness (QED) is 0.272. The van der Waals surface area contributed by atoms with Gasteiger partial charge in [-0.15, -0.1) is 0 Å². The molecule has 2 amide bonds. The Morgan fingerprint density at radius 2 is 1.60 bits per heavy atom. The van der Waals surface area contributed by atoms with E-state index >= 15 is 0 Å². The Labute approximate surface area is 253 Å². The molecule has 2 aromatic carbocycles. The molecule has 1 fully saturated rings. The van der Waals surface area contributed by atoms with Gasteiger partial charge in [0.1, 0.15) is 28.5 Å². The molecule has 0 bridgehead atoms. The summed E-state index contributed by atoms with van der Waals surface area (Å²) < 4.78 is 22.9. The van der Waals surface area contributed by atoms with Gasteiger partial charge in [0.05, 0.1) is 19.3 Å². The summed E-state index contributed by atoms with van der Waals surface area (Å²) in [4.78, 5) is 37.8. The molecule has 1 saturated heterocycles. The smallest absolute Gasteiger partial charge is 0.410 e. The second kappa shape index (κ2) is 14.1. The molecule has 0 unspecified atom stereocenters. The molecule has 0 spiro atoms. The highest BCUT2D eigenvalue weighted by Gasteiger charge is 2.32. The first-order chi connectivity index (χ1) is 20.6. The molecule has 0 saturated carbocycles. The van der Waals surface area contributed by atoms with Crippen LogP contribution in [0.5, 0.6) is 29.1 Å². The number of benzene rings is 2. The SMILES string of the molecule is CCN(CC)C(=O)c1ccc(Oc2ncc(NC[C@@H]3CCCN3C(=O)OC(C)(C)C)c(Oc3ccc(OC)cc3)n2)cc1. The molecular weight excluding hydrogens is 550 g/mol. The predicted molar refractivity (Wildman–Crippen MR) is 163 cm³/mol. The van der Waals surface area contributed by atoms with Crippen LogP contribution in [0.3, 0.4) is 0 Å². The predicted octanol–water partition coefficient (Wildman–Crippen LogP) is 6.36. The van der Waals surface area contributed by atoms with E-state index in [0.29, 0.717) is 54.7 Å².